The van der Waals surface area contributed by atoms with E-state index in [1.54, 1.807) is 7.05 Å². The molecule has 0 heterocycles. The molecular weight excluding hydrogens is 269 g/mol. The van der Waals surface area contributed by atoms with E-state index in [4.69, 9.17) is 6.42 Å². The Balaban J connectivity index is 2.56. The average molecular weight is 284 g/mol. The quantitative estimate of drug-likeness (QED) is 0.661. The molecule has 20 heavy (non-hydrogen) atoms. The maximum absolute atomic E-state index is 12.4. The number of alkyl halides is 3. The zero-order valence-corrected chi connectivity index (χ0v) is 11.0. The molecule has 0 spiro atoms. The summed E-state index contributed by atoms with van der Waals surface area (Å²) in [5.74, 6) is 2.16. The van der Waals surface area contributed by atoms with Gasteiger partial charge in [0, 0.05) is 13.6 Å². The minimum Gasteiger partial charge on any atom is -0.340 e. The van der Waals surface area contributed by atoms with Crippen LogP contribution in [0.25, 0.3) is 0 Å². The van der Waals surface area contributed by atoms with Gasteiger partial charge in [0.2, 0.25) is 5.91 Å². The fourth-order valence-corrected chi connectivity index (χ4v) is 1.54. The maximum atomic E-state index is 12.4. The fraction of sp³-hybridized carbons (Fsp3) is 0.357. The molecule has 0 unspecified atom stereocenters. The van der Waals surface area contributed by atoms with Crippen molar-refractivity contribution in [2.24, 2.45) is 0 Å². The monoisotopic (exact) mass is 284 g/mol. The molecule has 0 aliphatic heterocycles. The summed E-state index contributed by atoms with van der Waals surface area (Å²) in [5.41, 5.74) is -0.0725. The molecule has 1 N–H and O–H groups in total. The minimum atomic E-state index is -4.35. The van der Waals surface area contributed by atoms with E-state index in [-0.39, 0.29) is 19.0 Å². The number of hydrogen-bond acceptors (Lipinski definition) is 2. The smallest absolute Gasteiger partial charge is 0.340 e. The summed E-state index contributed by atoms with van der Waals surface area (Å²) in [6.07, 6.45) is 0.687. The topological polar surface area (TPSA) is 32.3 Å². The number of terminal acetylenes is 1. The van der Waals surface area contributed by atoms with E-state index in [0.29, 0.717) is 12.1 Å². The van der Waals surface area contributed by atoms with Gasteiger partial charge in [0.25, 0.3) is 0 Å². The predicted octanol–water partition coefficient (Wildman–Crippen LogP) is 1.89. The molecule has 3 nitrogen and oxygen atoms in total. The lowest BCUT2D eigenvalue weighted by molar-refractivity contribution is -0.137. The van der Waals surface area contributed by atoms with Gasteiger partial charge in [0.05, 0.1) is 18.7 Å². The maximum Gasteiger partial charge on any atom is 0.416 e. The molecular formula is C14H15F3N2O. The molecule has 0 bridgehead atoms. The molecule has 0 aliphatic carbocycles. The molecule has 0 atom stereocenters. The summed E-state index contributed by atoms with van der Waals surface area (Å²) in [7, 11) is 1.58. The van der Waals surface area contributed by atoms with E-state index in [2.05, 4.69) is 11.2 Å². The van der Waals surface area contributed by atoms with Crippen molar-refractivity contribution < 1.29 is 18.0 Å². The summed E-state index contributed by atoms with van der Waals surface area (Å²) in [6.45, 7) is 0.635. The van der Waals surface area contributed by atoms with Crippen molar-refractivity contribution in [1.29, 1.82) is 0 Å². The van der Waals surface area contributed by atoms with Crippen molar-refractivity contribution in [2.45, 2.75) is 12.7 Å². The van der Waals surface area contributed by atoms with Gasteiger partial charge in [-0.25, -0.2) is 0 Å². The zero-order chi connectivity index (χ0) is 15.2. The van der Waals surface area contributed by atoms with Crippen molar-refractivity contribution in [3.8, 4) is 12.3 Å². The van der Waals surface area contributed by atoms with Crippen LogP contribution in [0.1, 0.15) is 11.1 Å². The van der Waals surface area contributed by atoms with Gasteiger partial charge in [0.15, 0.2) is 0 Å². The molecule has 6 heteroatoms. The van der Waals surface area contributed by atoms with Crippen LogP contribution in [-0.4, -0.2) is 30.9 Å². The number of nitrogens with one attached hydrogen (secondary N) is 1. The second-order valence-electron chi connectivity index (χ2n) is 4.25. The number of carbonyl (C=O) groups is 1. The Bertz CT molecular complexity index is 489. The molecule has 1 aromatic carbocycles. The van der Waals surface area contributed by atoms with Crippen molar-refractivity contribution in [2.75, 3.05) is 20.1 Å². The van der Waals surface area contributed by atoms with Crippen molar-refractivity contribution >= 4 is 5.91 Å². The number of carbonyl (C=O) groups excluding carboxylic acids is 1. The normalized spacial score (nSPS) is 10.9. The number of hydrogen-bond donors (Lipinski definition) is 1. The van der Waals surface area contributed by atoms with Crippen LogP contribution < -0.4 is 5.32 Å². The standard InChI is InChI=1S/C14H15F3N2O/c1-3-8-18-9-13(20)19(2)10-11-4-6-12(7-5-11)14(15,16)17/h1,4-7,18H,8-10H2,2H3. The molecule has 0 aromatic heterocycles. The molecule has 1 aromatic rings. The van der Waals surface area contributed by atoms with E-state index in [0.717, 1.165) is 12.1 Å². The third-order valence-electron chi connectivity index (χ3n) is 2.63. The van der Waals surface area contributed by atoms with Crippen LogP contribution in [-0.2, 0) is 17.5 Å². The number of rotatable bonds is 5. The Morgan fingerprint density at radius 3 is 2.45 bits per heavy atom. The Morgan fingerprint density at radius 2 is 1.95 bits per heavy atom. The highest BCUT2D eigenvalue weighted by Crippen LogP contribution is 2.29. The first kappa shape index (κ1) is 16.1. The Labute approximate surface area is 115 Å². The van der Waals surface area contributed by atoms with Crippen LogP contribution in [0.3, 0.4) is 0 Å². The van der Waals surface area contributed by atoms with Gasteiger partial charge in [-0.3, -0.25) is 10.1 Å². The van der Waals surface area contributed by atoms with Gasteiger partial charge in [-0.2, -0.15) is 13.2 Å². The predicted molar refractivity (Wildman–Crippen MR) is 69.6 cm³/mol. The number of nitrogens with zero attached hydrogens (tertiary/aromatic N) is 1. The fourth-order valence-electron chi connectivity index (χ4n) is 1.54. The van der Waals surface area contributed by atoms with Gasteiger partial charge in [0.1, 0.15) is 0 Å². The van der Waals surface area contributed by atoms with Crippen LogP contribution in [0.2, 0.25) is 0 Å². The van der Waals surface area contributed by atoms with Gasteiger partial charge >= 0.3 is 6.18 Å². The van der Waals surface area contributed by atoms with E-state index < -0.39 is 11.7 Å². The highest BCUT2D eigenvalue weighted by atomic mass is 19.4. The third kappa shape index (κ3) is 4.94. The van der Waals surface area contributed by atoms with E-state index in [9.17, 15) is 18.0 Å². The molecule has 0 saturated heterocycles. The van der Waals surface area contributed by atoms with Gasteiger partial charge in [-0.1, -0.05) is 18.1 Å². The number of likely N-dealkylation sites (N-methyl/N-ethyl adjacent to an activating group) is 1. The summed E-state index contributed by atoms with van der Waals surface area (Å²) in [4.78, 5) is 13.1. The molecule has 0 aliphatic rings. The van der Waals surface area contributed by atoms with Crippen LogP contribution in [0, 0.1) is 12.3 Å². The Hall–Kier alpha value is -2.00. The van der Waals surface area contributed by atoms with Gasteiger partial charge in [-0.15, -0.1) is 6.42 Å². The molecule has 1 rings (SSSR count). The first-order chi connectivity index (χ1) is 9.34. The van der Waals surface area contributed by atoms with Gasteiger partial charge in [-0.05, 0) is 17.7 Å². The summed E-state index contributed by atoms with van der Waals surface area (Å²) < 4.78 is 37.2. The highest BCUT2D eigenvalue weighted by Gasteiger charge is 2.29. The number of halogens is 3. The van der Waals surface area contributed by atoms with Crippen LogP contribution in [0.4, 0.5) is 13.2 Å². The number of amides is 1. The number of benzene rings is 1. The third-order valence-corrected chi connectivity index (χ3v) is 2.63. The highest BCUT2D eigenvalue weighted by molar-refractivity contribution is 5.78. The second-order valence-corrected chi connectivity index (χ2v) is 4.25. The van der Waals surface area contributed by atoms with Crippen molar-refractivity contribution in [3.63, 3.8) is 0 Å². The Kier molecular flexibility index (Phi) is 5.59. The summed E-state index contributed by atoms with van der Waals surface area (Å²) >= 11 is 0. The lowest BCUT2D eigenvalue weighted by Gasteiger charge is -2.17. The first-order valence-corrected chi connectivity index (χ1v) is 5.89. The largest absolute Gasteiger partial charge is 0.416 e. The molecule has 0 saturated carbocycles. The first-order valence-electron chi connectivity index (χ1n) is 5.89. The van der Waals surface area contributed by atoms with Crippen molar-refractivity contribution in [3.05, 3.63) is 35.4 Å². The van der Waals surface area contributed by atoms with Crippen LogP contribution >= 0.6 is 0 Å². The lowest BCUT2D eigenvalue weighted by Crippen LogP contribution is -2.35. The summed E-state index contributed by atoms with van der Waals surface area (Å²) in [5, 5.41) is 2.75. The van der Waals surface area contributed by atoms with Gasteiger partial charge < -0.3 is 4.90 Å². The average Bonchev–Trinajstić information content (AvgIpc) is 2.38. The lowest BCUT2D eigenvalue weighted by atomic mass is 10.1. The summed E-state index contributed by atoms with van der Waals surface area (Å²) in [6, 6.07) is 4.73. The second kappa shape index (κ2) is 6.96. The zero-order valence-electron chi connectivity index (χ0n) is 11.0. The van der Waals surface area contributed by atoms with E-state index in [1.165, 1.54) is 17.0 Å². The molecule has 0 fully saturated rings. The van der Waals surface area contributed by atoms with Crippen LogP contribution in [0.15, 0.2) is 24.3 Å². The molecule has 108 valence electrons. The Morgan fingerprint density at radius 1 is 1.35 bits per heavy atom. The minimum absolute atomic E-state index is 0.0985. The van der Waals surface area contributed by atoms with Crippen LogP contribution in [0.5, 0.6) is 0 Å². The van der Waals surface area contributed by atoms with E-state index in [1.807, 2.05) is 0 Å². The molecule has 1 amide bonds. The van der Waals surface area contributed by atoms with E-state index >= 15 is 0 Å². The SMILES string of the molecule is C#CCNCC(=O)N(C)Cc1ccc(C(F)(F)F)cc1. The van der Waals surface area contributed by atoms with Crippen molar-refractivity contribution in [1.82, 2.24) is 10.2 Å². The molecule has 0 radical (unpaired) electrons.